The Bertz CT molecular complexity index is 603. The Hall–Kier alpha value is -2.81. The van der Waals surface area contributed by atoms with Crippen LogP contribution in [0, 0.1) is 33.8 Å². The van der Waals surface area contributed by atoms with E-state index in [4.69, 9.17) is 19.1 Å². The summed E-state index contributed by atoms with van der Waals surface area (Å²) in [6.45, 7) is 10.2. The van der Waals surface area contributed by atoms with Gasteiger partial charge in [0.15, 0.2) is 0 Å². The van der Waals surface area contributed by atoms with E-state index in [2.05, 4.69) is 5.32 Å². The van der Waals surface area contributed by atoms with Crippen molar-refractivity contribution in [1.29, 1.82) is 0 Å². The third-order valence-corrected chi connectivity index (χ3v) is 4.86. The predicted molar refractivity (Wildman–Crippen MR) is 108 cm³/mol. The first-order valence-corrected chi connectivity index (χ1v) is 10.4. The highest BCUT2D eigenvalue weighted by Crippen LogP contribution is 2.22. The molecule has 0 saturated carbocycles. The first-order chi connectivity index (χ1) is 14.7. The lowest BCUT2D eigenvalue weighted by Crippen LogP contribution is -2.29. The summed E-state index contributed by atoms with van der Waals surface area (Å²) in [5.41, 5.74) is 0. The van der Waals surface area contributed by atoms with Gasteiger partial charge < -0.3 is 14.8 Å². The summed E-state index contributed by atoms with van der Waals surface area (Å²) in [5, 5.41) is 13.1. The lowest BCUT2D eigenvalue weighted by Gasteiger charge is -2.19. The first kappa shape index (κ1) is 30.4. The highest BCUT2D eigenvalue weighted by Gasteiger charge is 2.40. The van der Waals surface area contributed by atoms with E-state index in [1.165, 1.54) is 0 Å². The van der Waals surface area contributed by atoms with Crippen LogP contribution < -0.4 is 5.32 Å². The van der Waals surface area contributed by atoms with Crippen molar-refractivity contribution >= 4 is 24.0 Å². The number of nitrogens with one attached hydrogen (secondary N) is 1. The van der Waals surface area contributed by atoms with Gasteiger partial charge in [0.1, 0.15) is 5.92 Å². The van der Waals surface area contributed by atoms with E-state index in [1.54, 1.807) is 13.8 Å². The maximum Gasteiger partial charge on any atom is 0.373 e. The van der Waals surface area contributed by atoms with Crippen LogP contribution >= 0.6 is 0 Å². The molecule has 0 aliphatic carbocycles. The van der Waals surface area contributed by atoms with E-state index in [0.717, 1.165) is 6.42 Å². The van der Waals surface area contributed by atoms with Crippen LogP contribution in [0.2, 0.25) is 0 Å². The van der Waals surface area contributed by atoms with Gasteiger partial charge in [-0.05, 0) is 32.6 Å². The summed E-state index contributed by atoms with van der Waals surface area (Å²) in [7, 11) is 0. The lowest BCUT2D eigenvalue weighted by atomic mass is 9.88. The molecule has 11 nitrogen and oxygen atoms in total. The molecule has 0 bridgehead atoms. The largest absolute Gasteiger partial charge is 0.466 e. The molecule has 1 heterocycles. The molecule has 0 spiro atoms. The number of rotatable bonds is 10. The number of carbonyl (C=O) groups is 3. The second-order valence-electron chi connectivity index (χ2n) is 6.68. The van der Waals surface area contributed by atoms with Gasteiger partial charge in [0, 0.05) is 17.4 Å². The molecule has 1 fully saturated rings. The minimum atomic E-state index is -0.579. The van der Waals surface area contributed by atoms with E-state index in [9.17, 15) is 24.5 Å². The number of hydrogen-bond acceptors (Lipinski definition) is 9. The molecule has 4 atom stereocenters. The maximum absolute atomic E-state index is 11.5. The molecule has 31 heavy (non-hydrogen) atoms. The van der Waals surface area contributed by atoms with Crippen molar-refractivity contribution in [3.63, 3.8) is 0 Å². The molecule has 1 amide bonds. The van der Waals surface area contributed by atoms with Crippen molar-refractivity contribution < 1.29 is 38.4 Å². The minimum Gasteiger partial charge on any atom is -0.466 e. The van der Waals surface area contributed by atoms with E-state index < -0.39 is 5.92 Å². The molecule has 0 radical (unpaired) electrons. The summed E-state index contributed by atoms with van der Waals surface area (Å²) in [6.07, 6.45) is 2.28. The Morgan fingerprint density at radius 2 is 1.68 bits per heavy atom. The summed E-state index contributed by atoms with van der Waals surface area (Å²) in [5.74, 6) is -1.93. The number of amides is 1. The topological polar surface area (TPSA) is 159 Å². The third-order valence-electron chi connectivity index (χ3n) is 4.86. The molecule has 1 aliphatic rings. The van der Waals surface area contributed by atoms with Crippen molar-refractivity contribution in [2.75, 3.05) is 26.3 Å². The number of carbonyl (C=O) groups excluding carboxylic acids is 5. The average molecular weight is 446 g/mol. The fraction of sp³-hybridized carbons (Fsp3) is 0.800. The lowest BCUT2D eigenvalue weighted by molar-refractivity contribution is -0.489. The predicted octanol–water partition coefficient (Wildman–Crippen LogP) is 1.62. The monoisotopic (exact) mass is 446 g/mol. The van der Waals surface area contributed by atoms with Gasteiger partial charge in [0.2, 0.25) is 12.5 Å². The van der Waals surface area contributed by atoms with Crippen molar-refractivity contribution in [1.82, 2.24) is 5.32 Å². The van der Waals surface area contributed by atoms with Crippen molar-refractivity contribution in [3.8, 4) is 0 Å². The van der Waals surface area contributed by atoms with E-state index >= 15 is 0 Å². The number of esters is 2. The van der Waals surface area contributed by atoms with E-state index in [-0.39, 0.29) is 53.2 Å². The van der Waals surface area contributed by atoms with Gasteiger partial charge in [-0.2, -0.15) is 9.59 Å². The van der Waals surface area contributed by atoms with Crippen molar-refractivity contribution in [3.05, 3.63) is 10.1 Å². The maximum atomic E-state index is 11.5. The van der Waals surface area contributed by atoms with Crippen LogP contribution in [0.3, 0.4) is 0 Å². The van der Waals surface area contributed by atoms with Crippen molar-refractivity contribution in [2.45, 2.75) is 53.9 Å². The van der Waals surface area contributed by atoms with Crippen molar-refractivity contribution in [2.24, 2.45) is 23.7 Å². The normalized spacial score (nSPS) is 18.5. The standard InChI is InChI=1S/C10H19NO4.C9H15NO3.CO2/c1-4-8(7-11(13)14)9(5-2)10(12)15-6-3;1-3-6-5-10-8(11)7(6)9(12)13-4-2;2-1-3/h8-9H,4-7H2,1-3H3;6-7H,3-5H2,1-2H3,(H,10,11);. The zero-order chi connectivity index (χ0) is 24.4. The molecular formula is C20H34N2O9. The smallest absolute Gasteiger partial charge is 0.373 e. The molecule has 1 N–H and O–H groups in total. The molecule has 0 aromatic heterocycles. The fourth-order valence-electron chi connectivity index (χ4n) is 3.26. The summed E-state index contributed by atoms with van der Waals surface area (Å²) >= 11 is 0. The van der Waals surface area contributed by atoms with Crippen LogP contribution in [0.4, 0.5) is 0 Å². The van der Waals surface area contributed by atoms with Crippen LogP contribution in [0.25, 0.3) is 0 Å². The number of nitrogens with zero attached hydrogens (tertiary/aromatic N) is 1. The van der Waals surface area contributed by atoms with Gasteiger partial charge >= 0.3 is 18.1 Å². The molecule has 1 rings (SSSR count). The zero-order valence-corrected chi connectivity index (χ0v) is 18.9. The zero-order valence-electron chi connectivity index (χ0n) is 18.9. The van der Waals surface area contributed by atoms with E-state index in [1.807, 2.05) is 20.8 Å². The van der Waals surface area contributed by atoms with Gasteiger partial charge in [-0.1, -0.05) is 27.2 Å². The Morgan fingerprint density at radius 1 is 1.13 bits per heavy atom. The van der Waals surface area contributed by atoms with Crippen LogP contribution in [0.1, 0.15) is 53.9 Å². The van der Waals surface area contributed by atoms with E-state index in [0.29, 0.717) is 32.6 Å². The van der Waals surface area contributed by atoms with Crippen LogP contribution in [0.5, 0.6) is 0 Å². The Morgan fingerprint density at radius 3 is 2.06 bits per heavy atom. The summed E-state index contributed by atoms with van der Waals surface area (Å²) < 4.78 is 9.73. The van der Waals surface area contributed by atoms with Gasteiger partial charge in [-0.3, -0.25) is 24.5 Å². The molecular weight excluding hydrogens is 412 g/mol. The number of nitro groups is 1. The van der Waals surface area contributed by atoms with Gasteiger partial charge in [0.05, 0.1) is 19.1 Å². The Kier molecular flexibility index (Phi) is 17.6. The molecule has 178 valence electrons. The molecule has 4 unspecified atom stereocenters. The average Bonchev–Trinajstić information content (AvgIpc) is 3.09. The van der Waals surface area contributed by atoms with Gasteiger partial charge in [-0.15, -0.1) is 0 Å². The minimum absolute atomic E-state index is 0.103. The Labute approximate surface area is 182 Å². The highest BCUT2D eigenvalue weighted by atomic mass is 16.6. The number of ether oxygens (including phenoxy) is 2. The second-order valence-corrected chi connectivity index (χ2v) is 6.68. The molecule has 1 aliphatic heterocycles. The van der Waals surface area contributed by atoms with Crippen LogP contribution in [0.15, 0.2) is 0 Å². The molecule has 1 saturated heterocycles. The van der Waals surface area contributed by atoms with Crippen LogP contribution in [-0.2, 0) is 33.4 Å². The first-order valence-electron chi connectivity index (χ1n) is 10.4. The van der Waals surface area contributed by atoms with Gasteiger partial charge in [-0.25, -0.2) is 0 Å². The second kappa shape index (κ2) is 18.0. The quantitative estimate of drug-likeness (QED) is 0.228. The summed E-state index contributed by atoms with van der Waals surface area (Å²) in [6, 6.07) is 0. The van der Waals surface area contributed by atoms with Gasteiger partial charge in [0.25, 0.3) is 0 Å². The Balaban J connectivity index is 0. The highest BCUT2D eigenvalue weighted by molar-refractivity contribution is 5.99. The number of hydrogen-bond donors (Lipinski definition) is 1. The molecule has 11 heteroatoms. The third kappa shape index (κ3) is 11.8. The SMILES string of the molecule is CCOC(=O)C(CC)C(CC)C[N+](=O)[O-].CCOC(=O)C1C(=O)NCC1CC.O=C=O. The summed E-state index contributed by atoms with van der Waals surface area (Å²) in [4.78, 5) is 60.4. The fourth-order valence-corrected chi connectivity index (χ4v) is 3.26. The molecule has 0 aromatic rings. The molecule has 0 aromatic carbocycles. The van der Waals surface area contributed by atoms with Crippen LogP contribution in [-0.4, -0.2) is 55.2 Å².